The Balaban J connectivity index is 1.75. The Morgan fingerprint density at radius 3 is 2.00 bits per heavy atom. The Morgan fingerprint density at radius 2 is 1.36 bits per heavy atom. The van der Waals surface area contributed by atoms with E-state index in [2.05, 4.69) is 0 Å². The summed E-state index contributed by atoms with van der Waals surface area (Å²) in [6.45, 7) is 0.269. The zero-order chi connectivity index (χ0) is 19.9. The SMILES string of the molecule is O=C(O)c1ccc(COc2ccc(C(=O)O)cc2CCc2ccccc2)cc1. The molecule has 3 aromatic rings. The van der Waals surface area contributed by atoms with Crippen LogP contribution in [0.25, 0.3) is 0 Å². The highest BCUT2D eigenvalue weighted by Gasteiger charge is 2.11. The normalized spacial score (nSPS) is 10.4. The van der Waals surface area contributed by atoms with Gasteiger partial charge in [0.15, 0.2) is 0 Å². The van der Waals surface area contributed by atoms with Gasteiger partial charge in [0, 0.05) is 0 Å². The summed E-state index contributed by atoms with van der Waals surface area (Å²) in [7, 11) is 0. The monoisotopic (exact) mass is 376 g/mol. The number of aryl methyl sites for hydroxylation is 2. The Hall–Kier alpha value is -3.60. The van der Waals surface area contributed by atoms with Gasteiger partial charge < -0.3 is 14.9 Å². The fourth-order valence-corrected chi connectivity index (χ4v) is 2.88. The molecule has 0 aliphatic heterocycles. The molecule has 5 nitrogen and oxygen atoms in total. The third-order valence-corrected chi connectivity index (χ3v) is 4.43. The van der Waals surface area contributed by atoms with Crippen LogP contribution in [-0.2, 0) is 19.4 Å². The van der Waals surface area contributed by atoms with Crippen molar-refractivity contribution in [2.75, 3.05) is 0 Å². The van der Waals surface area contributed by atoms with Crippen molar-refractivity contribution < 1.29 is 24.5 Å². The molecular weight excluding hydrogens is 356 g/mol. The maximum absolute atomic E-state index is 11.3. The molecule has 0 heterocycles. The zero-order valence-corrected chi connectivity index (χ0v) is 15.2. The third kappa shape index (κ3) is 4.98. The predicted molar refractivity (Wildman–Crippen MR) is 105 cm³/mol. The van der Waals surface area contributed by atoms with Gasteiger partial charge >= 0.3 is 11.9 Å². The fraction of sp³-hybridized carbons (Fsp3) is 0.130. The van der Waals surface area contributed by atoms with Gasteiger partial charge in [-0.05, 0) is 59.9 Å². The van der Waals surface area contributed by atoms with Gasteiger partial charge in [0.05, 0.1) is 11.1 Å². The summed E-state index contributed by atoms with van der Waals surface area (Å²) in [5.74, 6) is -1.32. The van der Waals surface area contributed by atoms with Crippen LogP contribution in [-0.4, -0.2) is 22.2 Å². The zero-order valence-electron chi connectivity index (χ0n) is 15.2. The van der Waals surface area contributed by atoms with Crippen molar-refractivity contribution >= 4 is 11.9 Å². The van der Waals surface area contributed by atoms with E-state index in [0.29, 0.717) is 12.2 Å². The minimum Gasteiger partial charge on any atom is -0.489 e. The summed E-state index contributed by atoms with van der Waals surface area (Å²) < 4.78 is 5.91. The van der Waals surface area contributed by atoms with Crippen LogP contribution in [0.4, 0.5) is 0 Å². The Bertz CT molecular complexity index is 962. The standard InChI is InChI=1S/C23H20O5/c24-22(25)18-9-7-17(8-10-18)15-28-21-13-12-20(23(26)27)14-19(21)11-6-16-4-2-1-3-5-16/h1-5,7-10,12-14H,6,11,15H2,(H,24,25)(H,26,27). The summed E-state index contributed by atoms with van der Waals surface area (Å²) in [5, 5.41) is 18.2. The van der Waals surface area contributed by atoms with E-state index in [1.165, 1.54) is 23.8 Å². The van der Waals surface area contributed by atoms with E-state index in [1.54, 1.807) is 24.3 Å². The maximum Gasteiger partial charge on any atom is 0.335 e. The first kappa shape index (κ1) is 19.2. The van der Waals surface area contributed by atoms with Gasteiger partial charge in [-0.2, -0.15) is 0 Å². The molecule has 3 aromatic carbocycles. The quantitative estimate of drug-likeness (QED) is 0.607. The molecule has 0 spiro atoms. The number of carboxylic acids is 2. The average Bonchev–Trinajstić information content (AvgIpc) is 2.72. The fourth-order valence-electron chi connectivity index (χ4n) is 2.88. The summed E-state index contributed by atoms with van der Waals surface area (Å²) in [6.07, 6.45) is 1.42. The van der Waals surface area contributed by atoms with Crippen molar-refractivity contribution in [1.29, 1.82) is 0 Å². The van der Waals surface area contributed by atoms with Crippen LogP contribution in [0.3, 0.4) is 0 Å². The molecule has 3 rings (SSSR count). The molecule has 0 radical (unpaired) electrons. The summed E-state index contributed by atoms with van der Waals surface area (Å²) in [4.78, 5) is 22.2. The highest BCUT2D eigenvalue weighted by molar-refractivity contribution is 5.88. The van der Waals surface area contributed by atoms with Crippen LogP contribution >= 0.6 is 0 Å². The number of carboxylic acid groups (broad SMARTS) is 2. The molecule has 0 atom stereocenters. The largest absolute Gasteiger partial charge is 0.489 e. The molecule has 0 amide bonds. The maximum atomic E-state index is 11.3. The van der Waals surface area contributed by atoms with Gasteiger partial charge in [-0.1, -0.05) is 42.5 Å². The second-order valence-electron chi connectivity index (χ2n) is 6.40. The average molecular weight is 376 g/mol. The molecule has 0 aliphatic carbocycles. The number of hydrogen-bond acceptors (Lipinski definition) is 3. The van der Waals surface area contributed by atoms with E-state index >= 15 is 0 Å². The van der Waals surface area contributed by atoms with Gasteiger partial charge in [-0.15, -0.1) is 0 Å². The predicted octanol–water partition coefficient (Wildman–Crippen LogP) is 4.45. The van der Waals surface area contributed by atoms with E-state index < -0.39 is 11.9 Å². The lowest BCUT2D eigenvalue weighted by Crippen LogP contribution is -2.04. The van der Waals surface area contributed by atoms with Crippen LogP contribution < -0.4 is 4.74 Å². The van der Waals surface area contributed by atoms with Crippen LogP contribution in [0.1, 0.15) is 37.4 Å². The van der Waals surface area contributed by atoms with Gasteiger partial charge in [0.25, 0.3) is 0 Å². The first-order valence-corrected chi connectivity index (χ1v) is 8.88. The van der Waals surface area contributed by atoms with E-state index in [9.17, 15) is 14.7 Å². The first-order valence-electron chi connectivity index (χ1n) is 8.88. The number of hydrogen-bond donors (Lipinski definition) is 2. The molecule has 28 heavy (non-hydrogen) atoms. The van der Waals surface area contributed by atoms with Crippen molar-refractivity contribution in [2.45, 2.75) is 19.4 Å². The van der Waals surface area contributed by atoms with E-state index in [1.807, 2.05) is 30.3 Å². The summed E-state index contributed by atoms with van der Waals surface area (Å²) in [5.41, 5.74) is 3.27. The van der Waals surface area contributed by atoms with Gasteiger partial charge in [-0.3, -0.25) is 0 Å². The van der Waals surface area contributed by atoms with E-state index in [4.69, 9.17) is 9.84 Å². The van der Waals surface area contributed by atoms with E-state index in [-0.39, 0.29) is 17.7 Å². The van der Waals surface area contributed by atoms with Crippen molar-refractivity contribution in [1.82, 2.24) is 0 Å². The van der Waals surface area contributed by atoms with Gasteiger partial charge in [-0.25, -0.2) is 9.59 Å². The summed E-state index contributed by atoms with van der Waals surface area (Å²) >= 11 is 0. The highest BCUT2D eigenvalue weighted by Crippen LogP contribution is 2.24. The molecule has 2 N–H and O–H groups in total. The molecule has 0 bridgehead atoms. The number of rotatable bonds is 8. The second-order valence-corrected chi connectivity index (χ2v) is 6.40. The molecule has 0 saturated carbocycles. The van der Waals surface area contributed by atoms with E-state index in [0.717, 1.165) is 17.5 Å². The lowest BCUT2D eigenvalue weighted by Gasteiger charge is -2.13. The van der Waals surface area contributed by atoms with Gasteiger partial charge in [0.1, 0.15) is 12.4 Å². The molecule has 0 aliphatic rings. The lowest BCUT2D eigenvalue weighted by molar-refractivity contribution is 0.0686. The Labute approximate surface area is 162 Å². The molecule has 0 fully saturated rings. The minimum atomic E-state index is -0.975. The van der Waals surface area contributed by atoms with Crippen LogP contribution in [0.2, 0.25) is 0 Å². The molecule has 0 unspecified atom stereocenters. The Morgan fingerprint density at radius 1 is 0.714 bits per heavy atom. The van der Waals surface area contributed by atoms with Crippen molar-refractivity contribution in [3.63, 3.8) is 0 Å². The highest BCUT2D eigenvalue weighted by atomic mass is 16.5. The summed E-state index contributed by atoms with van der Waals surface area (Å²) in [6, 6.07) is 21.3. The van der Waals surface area contributed by atoms with Crippen LogP contribution in [0, 0.1) is 0 Å². The third-order valence-electron chi connectivity index (χ3n) is 4.43. The van der Waals surface area contributed by atoms with Crippen molar-refractivity contribution in [2.24, 2.45) is 0 Å². The molecule has 142 valence electrons. The topological polar surface area (TPSA) is 83.8 Å². The number of ether oxygens (including phenoxy) is 1. The molecule has 5 heteroatoms. The minimum absolute atomic E-state index is 0.220. The number of carbonyl (C=O) groups is 2. The molecule has 0 saturated heterocycles. The second kappa shape index (κ2) is 8.86. The molecule has 0 aromatic heterocycles. The van der Waals surface area contributed by atoms with Crippen LogP contribution in [0.15, 0.2) is 72.8 Å². The Kier molecular flexibility index (Phi) is 6.07. The van der Waals surface area contributed by atoms with Crippen molar-refractivity contribution in [3.05, 3.63) is 101 Å². The smallest absolute Gasteiger partial charge is 0.335 e. The van der Waals surface area contributed by atoms with Gasteiger partial charge in [0.2, 0.25) is 0 Å². The first-order chi connectivity index (χ1) is 13.5. The van der Waals surface area contributed by atoms with Crippen molar-refractivity contribution in [3.8, 4) is 5.75 Å². The number of aromatic carboxylic acids is 2. The lowest BCUT2D eigenvalue weighted by atomic mass is 10.0. The van der Waals surface area contributed by atoms with Crippen LogP contribution in [0.5, 0.6) is 5.75 Å². The number of benzene rings is 3. The molecular formula is C23H20O5.